The van der Waals surface area contributed by atoms with Crippen molar-refractivity contribution in [2.75, 3.05) is 19.7 Å². The number of fused-ring (bicyclic) bond motifs is 1. The third-order valence-corrected chi connectivity index (χ3v) is 4.40. The Balaban J connectivity index is 1.58. The molecule has 0 bridgehead atoms. The first-order valence-electron chi connectivity index (χ1n) is 8.44. The van der Waals surface area contributed by atoms with Gasteiger partial charge in [0.15, 0.2) is 0 Å². The number of morpholine rings is 1. The van der Waals surface area contributed by atoms with Crippen LogP contribution in [0.15, 0.2) is 47.4 Å². The number of carbonyl (C=O) groups is 1. The lowest BCUT2D eigenvalue weighted by Gasteiger charge is -2.32. The molecule has 0 saturated carbocycles. The molecule has 7 heteroatoms. The van der Waals surface area contributed by atoms with Crippen molar-refractivity contribution >= 4 is 16.8 Å². The van der Waals surface area contributed by atoms with Crippen LogP contribution >= 0.6 is 0 Å². The van der Waals surface area contributed by atoms with Gasteiger partial charge in [0.1, 0.15) is 11.9 Å². The van der Waals surface area contributed by atoms with Crippen molar-refractivity contribution in [1.29, 1.82) is 0 Å². The molecule has 1 aliphatic heterocycles. The van der Waals surface area contributed by atoms with Gasteiger partial charge < -0.3 is 14.6 Å². The summed E-state index contributed by atoms with van der Waals surface area (Å²) in [7, 11) is 0. The van der Waals surface area contributed by atoms with Crippen LogP contribution in [0.5, 0.6) is 0 Å². The standard InChI is InChI=1S/C19H18N4O3/c1-12-21-16(9-18(24)22-12)17-11-23(6-7-26-17)19(25)14-8-13-4-2-3-5-15(13)20-10-14/h2-5,8-10,17H,6-7,11H2,1H3,(H,21,22,24). The number of carbonyl (C=O) groups excluding carboxylic acids is 1. The summed E-state index contributed by atoms with van der Waals surface area (Å²) >= 11 is 0. The van der Waals surface area contributed by atoms with Crippen LogP contribution < -0.4 is 5.56 Å². The van der Waals surface area contributed by atoms with E-state index in [1.807, 2.05) is 30.3 Å². The molecule has 0 aliphatic carbocycles. The number of H-pyrrole nitrogens is 1. The first kappa shape index (κ1) is 16.4. The van der Waals surface area contributed by atoms with Gasteiger partial charge in [0.2, 0.25) is 0 Å². The minimum atomic E-state index is -0.415. The fraction of sp³-hybridized carbons (Fsp3) is 0.263. The lowest BCUT2D eigenvalue weighted by Crippen LogP contribution is -2.42. The highest BCUT2D eigenvalue weighted by molar-refractivity contribution is 5.97. The first-order valence-corrected chi connectivity index (χ1v) is 8.44. The Labute approximate surface area is 149 Å². The second-order valence-electron chi connectivity index (χ2n) is 6.28. The summed E-state index contributed by atoms with van der Waals surface area (Å²) in [5, 5.41) is 0.926. The van der Waals surface area contributed by atoms with E-state index in [9.17, 15) is 9.59 Å². The van der Waals surface area contributed by atoms with Gasteiger partial charge in [-0.1, -0.05) is 18.2 Å². The molecule has 1 saturated heterocycles. The van der Waals surface area contributed by atoms with Gasteiger partial charge in [0.05, 0.1) is 29.9 Å². The van der Waals surface area contributed by atoms with E-state index in [2.05, 4.69) is 15.0 Å². The molecule has 1 aromatic carbocycles. The van der Waals surface area contributed by atoms with Crippen LogP contribution in [0.4, 0.5) is 0 Å². The number of para-hydroxylation sites is 1. The number of ether oxygens (including phenoxy) is 1. The number of hydrogen-bond donors (Lipinski definition) is 1. The highest BCUT2D eigenvalue weighted by atomic mass is 16.5. The van der Waals surface area contributed by atoms with E-state index in [0.29, 0.717) is 36.8 Å². The molecule has 0 spiro atoms. The van der Waals surface area contributed by atoms with E-state index in [1.54, 1.807) is 18.0 Å². The predicted molar refractivity (Wildman–Crippen MR) is 95.9 cm³/mol. The lowest BCUT2D eigenvalue weighted by molar-refractivity contribution is -0.0249. The van der Waals surface area contributed by atoms with Crippen LogP contribution in [-0.2, 0) is 4.74 Å². The summed E-state index contributed by atoms with van der Waals surface area (Å²) in [6, 6.07) is 11.0. The molecule has 3 aromatic rings. The van der Waals surface area contributed by atoms with Gasteiger partial charge in [-0.15, -0.1) is 0 Å². The number of rotatable bonds is 2. The Bertz CT molecular complexity index is 1030. The molecule has 0 radical (unpaired) electrons. The second-order valence-corrected chi connectivity index (χ2v) is 6.28. The molecule has 132 valence electrons. The third kappa shape index (κ3) is 3.21. The van der Waals surface area contributed by atoms with Crippen LogP contribution in [-0.4, -0.2) is 45.5 Å². The van der Waals surface area contributed by atoms with Gasteiger partial charge >= 0.3 is 0 Å². The van der Waals surface area contributed by atoms with E-state index in [0.717, 1.165) is 10.9 Å². The van der Waals surface area contributed by atoms with Crippen LogP contribution in [0.2, 0.25) is 0 Å². The molecule has 1 unspecified atom stereocenters. The Kier molecular flexibility index (Phi) is 4.22. The third-order valence-electron chi connectivity index (χ3n) is 4.40. The smallest absolute Gasteiger partial charge is 0.255 e. The number of aromatic nitrogens is 3. The van der Waals surface area contributed by atoms with E-state index >= 15 is 0 Å². The fourth-order valence-corrected chi connectivity index (χ4v) is 3.15. The van der Waals surface area contributed by atoms with Crippen molar-refractivity contribution in [3.8, 4) is 0 Å². The predicted octanol–water partition coefficient (Wildman–Crippen LogP) is 1.84. The lowest BCUT2D eigenvalue weighted by atomic mass is 10.1. The molecular formula is C19H18N4O3. The summed E-state index contributed by atoms with van der Waals surface area (Å²) in [6.07, 6.45) is 1.19. The van der Waals surface area contributed by atoms with Crippen molar-refractivity contribution < 1.29 is 9.53 Å². The molecule has 1 N–H and O–H groups in total. The molecule has 1 atom stereocenters. The summed E-state index contributed by atoms with van der Waals surface area (Å²) in [5.41, 5.74) is 1.71. The van der Waals surface area contributed by atoms with Gasteiger partial charge in [-0.25, -0.2) is 4.98 Å². The fourth-order valence-electron chi connectivity index (χ4n) is 3.15. The number of nitrogens with one attached hydrogen (secondary N) is 1. The zero-order chi connectivity index (χ0) is 18.1. The number of benzene rings is 1. The molecule has 1 aliphatic rings. The number of aryl methyl sites for hydroxylation is 1. The maximum Gasteiger partial charge on any atom is 0.255 e. The van der Waals surface area contributed by atoms with Gasteiger partial charge in [-0.05, 0) is 19.1 Å². The van der Waals surface area contributed by atoms with Gasteiger partial charge in [0, 0.05) is 24.2 Å². The van der Waals surface area contributed by atoms with Crippen molar-refractivity contribution in [3.63, 3.8) is 0 Å². The summed E-state index contributed by atoms with van der Waals surface area (Å²) in [5.74, 6) is 0.427. The van der Waals surface area contributed by atoms with Crippen molar-refractivity contribution in [1.82, 2.24) is 19.9 Å². The van der Waals surface area contributed by atoms with E-state index in [-0.39, 0.29) is 11.5 Å². The monoisotopic (exact) mass is 350 g/mol. The molecule has 1 amide bonds. The average Bonchev–Trinajstić information content (AvgIpc) is 2.66. The molecule has 2 aromatic heterocycles. The van der Waals surface area contributed by atoms with Gasteiger partial charge in [-0.3, -0.25) is 14.6 Å². The minimum absolute atomic E-state index is 0.0990. The second kappa shape index (κ2) is 6.68. The van der Waals surface area contributed by atoms with Crippen LogP contribution in [0.1, 0.15) is 28.0 Å². The Morgan fingerprint density at radius 3 is 3.00 bits per heavy atom. The summed E-state index contributed by atoms with van der Waals surface area (Å²) in [4.78, 5) is 37.6. The SMILES string of the molecule is Cc1nc(C2CN(C(=O)c3cnc4ccccc4c3)CCO2)cc(=O)[nH]1. The van der Waals surface area contributed by atoms with Crippen LogP contribution in [0.25, 0.3) is 10.9 Å². The Morgan fingerprint density at radius 2 is 2.15 bits per heavy atom. The highest BCUT2D eigenvalue weighted by Gasteiger charge is 2.27. The van der Waals surface area contributed by atoms with Crippen LogP contribution in [0.3, 0.4) is 0 Å². The Morgan fingerprint density at radius 1 is 1.31 bits per heavy atom. The van der Waals surface area contributed by atoms with Crippen LogP contribution in [0, 0.1) is 6.92 Å². The molecule has 7 nitrogen and oxygen atoms in total. The quantitative estimate of drug-likeness (QED) is 0.762. The summed E-state index contributed by atoms with van der Waals surface area (Å²) < 4.78 is 5.74. The van der Waals surface area contributed by atoms with Crippen molar-refractivity contribution in [3.05, 3.63) is 70.0 Å². The first-order chi connectivity index (χ1) is 12.6. The highest BCUT2D eigenvalue weighted by Crippen LogP contribution is 2.22. The number of amides is 1. The van der Waals surface area contributed by atoms with Gasteiger partial charge in [0.25, 0.3) is 11.5 Å². The number of hydrogen-bond acceptors (Lipinski definition) is 5. The van der Waals surface area contributed by atoms with E-state index < -0.39 is 6.10 Å². The summed E-state index contributed by atoms with van der Waals surface area (Å²) in [6.45, 7) is 2.95. The van der Waals surface area contributed by atoms with E-state index in [4.69, 9.17) is 4.74 Å². The maximum atomic E-state index is 12.9. The zero-order valence-corrected chi connectivity index (χ0v) is 14.3. The van der Waals surface area contributed by atoms with Crippen molar-refractivity contribution in [2.45, 2.75) is 13.0 Å². The number of pyridine rings is 1. The largest absolute Gasteiger partial charge is 0.368 e. The average molecular weight is 350 g/mol. The number of nitrogens with zero attached hydrogens (tertiary/aromatic N) is 3. The minimum Gasteiger partial charge on any atom is -0.368 e. The molecule has 4 rings (SSSR count). The topological polar surface area (TPSA) is 88.2 Å². The molecule has 26 heavy (non-hydrogen) atoms. The number of aromatic amines is 1. The molecule has 3 heterocycles. The molecular weight excluding hydrogens is 332 g/mol. The molecule has 1 fully saturated rings. The normalized spacial score (nSPS) is 17.4. The maximum absolute atomic E-state index is 12.9. The zero-order valence-electron chi connectivity index (χ0n) is 14.3. The van der Waals surface area contributed by atoms with Gasteiger partial charge in [-0.2, -0.15) is 0 Å². The van der Waals surface area contributed by atoms with Crippen molar-refractivity contribution in [2.24, 2.45) is 0 Å². The van der Waals surface area contributed by atoms with E-state index in [1.165, 1.54) is 6.07 Å². The Hall–Kier alpha value is -3.06.